The van der Waals surface area contributed by atoms with E-state index in [-0.39, 0.29) is 24.2 Å². The topological polar surface area (TPSA) is 49.4 Å². The SMILES string of the molecule is Cc1ccc(C)c(N2C[C@@H](C(=O)Nc3ccc4ccccc4c3)CC2=O)c1. The van der Waals surface area contributed by atoms with E-state index in [1.165, 1.54) is 0 Å². The molecule has 3 aromatic rings. The van der Waals surface area contributed by atoms with E-state index < -0.39 is 0 Å². The summed E-state index contributed by atoms with van der Waals surface area (Å²) in [4.78, 5) is 27.0. The number of amides is 2. The Labute approximate surface area is 158 Å². The minimum absolute atomic E-state index is 0.00219. The molecule has 1 saturated heterocycles. The van der Waals surface area contributed by atoms with Crippen molar-refractivity contribution in [1.82, 2.24) is 0 Å². The Morgan fingerprint density at radius 3 is 2.59 bits per heavy atom. The predicted molar refractivity (Wildman–Crippen MR) is 109 cm³/mol. The fraction of sp³-hybridized carbons (Fsp3) is 0.217. The van der Waals surface area contributed by atoms with Crippen LogP contribution in [0.5, 0.6) is 0 Å². The summed E-state index contributed by atoms with van der Waals surface area (Å²) in [5, 5.41) is 5.19. The molecule has 136 valence electrons. The van der Waals surface area contributed by atoms with Crippen LogP contribution in [0.15, 0.2) is 60.7 Å². The van der Waals surface area contributed by atoms with Crippen LogP contribution < -0.4 is 10.2 Å². The lowest BCUT2D eigenvalue weighted by Gasteiger charge is -2.19. The molecule has 1 atom stereocenters. The molecule has 27 heavy (non-hydrogen) atoms. The van der Waals surface area contributed by atoms with E-state index >= 15 is 0 Å². The lowest BCUT2D eigenvalue weighted by molar-refractivity contribution is -0.122. The van der Waals surface area contributed by atoms with Gasteiger partial charge in [0.2, 0.25) is 11.8 Å². The van der Waals surface area contributed by atoms with Gasteiger partial charge in [0.15, 0.2) is 0 Å². The van der Waals surface area contributed by atoms with Gasteiger partial charge < -0.3 is 10.2 Å². The van der Waals surface area contributed by atoms with Gasteiger partial charge in [0.1, 0.15) is 0 Å². The average molecular weight is 358 g/mol. The largest absolute Gasteiger partial charge is 0.326 e. The van der Waals surface area contributed by atoms with Crippen LogP contribution in [0.3, 0.4) is 0 Å². The maximum atomic E-state index is 12.7. The number of carbonyl (C=O) groups is 2. The second-order valence-corrected chi connectivity index (χ2v) is 7.25. The van der Waals surface area contributed by atoms with E-state index in [4.69, 9.17) is 0 Å². The number of carbonyl (C=O) groups excluding carboxylic acids is 2. The molecule has 0 aromatic heterocycles. The van der Waals surface area contributed by atoms with Gasteiger partial charge in [-0.1, -0.05) is 42.5 Å². The highest BCUT2D eigenvalue weighted by Crippen LogP contribution is 2.29. The molecular weight excluding hydrogens is 336 g/mol. The molecule has 3 aromatic carbocycles. The Morgan fingerprint density at radius 1 is 1.00 bits per heavy atom. The summed E-state index contributed by atoms with van der Waals surface area (Å²) in [7, 11) is 0. The molecule has 1 aliphatic heterocycles. The molecule has 4 heteroatoms. The first-order valence-electron chi connectivity index (χ1n) is 9.18. The van der Waals surface area contributed by atoms with E-state index in [1.54, 1.807) is 4.90 Å². The van der Waals surface area contributed by atoms with Gasteiger partial charge >= 0.3 is 0 Å². The lowest BCUT2D eigenvalue weighted by atomic mass is 10.1. The monoisotopic (exact) mass is 358 g/mol. The summed E-state index contributed by atoms with van der Waals surface area (Å²) in [6.07, 6.45) is 0.243. The maximum Gasteiger partial charge on any atom is 0.229 e. The van der Waals surface area contributed by atoms with Crippen molar-refractivity contribution in [3.05, 3.63) is 71.8 Å². The Morgan fingerprint density at radius 2 is 1.78 bits per heavy atom. The number of hydrogen-bond donors (Lipinski definition) is 1. The van der Waals surface area contributed by atoms with Crippen LogP contribution in [0, 0.1) is 19.8 Å². The third kappa shape index (κ3) is 3.43. The van der Waals surface area contributed by atoms with Crippen molar-refractivity contribution >= 4 is 34.0 Å². The first-order valence-corrected chi connectivity index (χ1v) is 9.18. The fourth-order valence-corrected chi connectivity index (χ4v) is 3.64. The fourth-order valence-electron chi connectivity index (χ4n) is 3.64. The van der Waals surface area contributed by atoms with Crippen LogP contribution in [0.2, 0.25) is 0 Å². The Bertz CT molecular complexity index is 1040. The van der Waals surface area contributed by atoms with Crippen molar-refractivity contribution in [2.45, 2.75) is 20.3 Å². The number of hydrogen-bond acceptors (Lipinski definition) is 2. The number of nitrogens with zero attached hydrogens (tertiary/aromatic N) is 1. The molecule has 0 spiro atoms. The van der Waals surface area contributed by atoms with E-state index in [2.05, 4.69) is 5.32 Å². The highest BCUT2D eigenvalue weighted by molar-refractivity contribution is 6.04. The second kappa shape index (κ2) is 6.88. The number of fused-ring (bicyclic) bond motifs is 1. The zero-order valence-electron chi connectivity index (χ0n) is 15.5. The number of aryl methyl sites for hydroxylation is 2. The third-order valence-corrected chi connectivity index (χ3v) is 5.17. The zero-order chi connectivity index (χ0) is 19.0. The summed E-state index contributed by atoms with van der Waals surface area (Å²) in [5.74, 6) is -0.447. The third-order valence-electron chi connectivity index (χ3n) is 5.17. The smallest absolute Gasteiger partial charge is 0.229 e. The van der Waals surface area contributed by atoms with E-state index in [1.807, 2.05) is 74.5 Å². The van der Waals surface area contributed by atoms with E-state index in [9.17, 15) is 9.59 Å². The first kappa shape index (κ1) is 17.3. The van der Waals surface area contributed by atoms with Gasteiger partial charge in [-0.15, -0.1) is 0 Å². The molecule has 1 fully saturated rings. The normalized spacial score (nSPS) is 16.7. The van der Waals surface area contributed by atoms with Crippen LogP contribution in [-0.4, -0.2) is 18.4 Å². The molecule has 4 nitrogen and oxygen atoms in total. The molecule has 1 N–H and O–H groups in total. The molecule has 1 aliphatic rings. The Kier molecular flexibility index (Phi) is 4.40. The van der Waals surface area contributed by atoms with Crippen LogP contribution in [0.4, 0.5) is 11.4 Å². The van der Waals surface area contributed by atoms with E-state index in [0.29, 0.717) is 6.54 Å². The van der Waals surface area contributed by atoms with Crippen LogP contribution in [0.25, 0.3) is 10.8 Å². The Balaban J connectivity index is 1.51. The molecular formula is C23H22N2O2. The number of anilines is 2. The standard InChI is InChI=1S/C23H22N2O2/c1-15-7-8-16(2)21(11-15)25-14-19(13-22(25)26)23(27)24-20-10-9-17-5-3-4-6-18(17)12-20/h3-12,19H,13-14H2,1-2H3,(H,24,27)/t19-/m0/s1. The molecule has 0 bridgehead atoms. The number of nitrogens with one attached hydrogen (secondary N) is 1. The molecule has 0 unspecified atom stereocenters. The van der Waals surface area contributed by atoms with Crippen LogP contribution >= 0.6 is 0 Å². The maximum absolute atomic E-state index is 12.7. The number of benzene rings is 3. The van der Waals surface area contributed by atoms with Crippen molar-refractivity contribution in [3.8, 4) is 0 Å². The lowest BCUT2D eigenvalue weighted by Crippen LogP contribution is -2.28. The van der Waals surface area contributed by atoms with Gasteiger partial charge in [0.05, 0.1) is 5.92 Å². The molecule has 0 saturated carbocycles. The van der Waals surface area contributed by atoms with Crippen LogP contribution in [-0.2, 0) is 9.59 Å². The van der Waals surface area contributed by atoms with Gasteiger partial charge in [-0.25, -0.2) is 0 Å². The van der Waals surface area contributed by atoms with Gasteiger partial charge in [-0.05, 0) is 53.9 Å². The van der Waals surface area contributed by atoms with Crippen molar-refractivity contribution in [3.63, 3.8) is 0 Å². The summed E-state index contributed by atoms with van der Waals surface area (Å²) >= 11 is 0. The van der Waals surface area contributed by atoms with Gasteiger partial charge in [0, 0.05) is 24.3 Å². The summed E-state index contributed by atoms with van der Waals surface area (Å²) in [6, 6.07) is 19.9. The summed E-state index contributed by atoms with van der Waals surface area (Å²) < 4.78 is 0. The molecule has 0 radical (unpaired) electrons. The van der Waals surface area contributed by atoms with Crippen molar-refractivity contribution < 1.29 is 9.59 Å². The molecule has 4 rings (SSSR count). The van der Waals surface area contributed by atoms with Gasteiger partial charge in [-0.3, -0.25) is 9.59 Å². The zero-order valence-corrected chi connectivity index (χ0v) is 15.5. The van der Waals surface area contributed by atoms with Crippen molar-refractivity contribution in [2.75, 3.05) is 16.8 Å². The quantitative estimate of drug-likeness (QED) is 0.752. The summed E-state index contributed by atoms with van der Waals surface area (Å²) in [5.41, 5.74) is 3.81. The highest BCUT2D eigenvalue weighted by Gasteiger charge is 2.35. The van der Waals surface area contributed by atoms with Crippen LogP contribution in [0.1, 0.15) is 17.5 Å². The molecule has 1 heterocycles. The minimum Gasteiger partial charge on any atom is -0.326 e. The van der Waals surface area contributed by atoms with Crippen molar-refractivity contribution in [2.24, 2.45) is 5.92 Å². The Hall–Kier alpha value is -3.14. The highest BCUT2D eigenvalue weighted by atomic mass is 16.2. The average Bonchev–Trinajstić information content (AvgIpc) is 3.05. The van der Waals surface area contributed by atoms with Crippen molar-refractivity contribution in [1.29, 1.82) is 0 Å². The number of rotatable bonds is 3. The molecule has 2 amide bonds. The predicted octanol–water partition coefficient (Wildman–Crippen LogP) is 4.45. The first-order chi connectivity index (χ1) is 13.0. The second-order valence-electron chi connectivity index (χ2n) is 7.25. The van der Waals surface area contributed by atoms with Gasteiger partial charge in [0.25, 0.3) is 0 Å². The van der Waals surface area contributed by atoms with Gasteiger partial charge in [-0.2, -0.15) is 0 Å². The van der Waals surface area contributed by atoms with E-state index in [0.717, 1.165) is 33.3 Å². The minimum atomic E-state index is -0.344. The summed E-state index contributed by atoms with van der Waals surface area (Å²) in [6.45, 7) is 4.42. The molecule has 0 aliphatic carbocycles.